The van der Waals surface area contributed by atoms with Crippen molar-refractivity contribution in [2.75, 3.05) is 5.32 Å². The number of carboxylic acids is 1. The maximum Gasteiger partial charge on any atom is 0.307 e. The number of nitrogens with one attached hydrogen (secondary N) is 1. The van der Waals surface area contributed by atoms with E-state index in [1.165, 1.54) is 4.68 Å². The van der Waals surface area contributed by atoms with Gasteiger partial charge in [0.25, 0.3) is 5.56 Å². The molecule has 136 valence electrons. The maximum absolute atomic E-state index is 12.8. The van der Waals surface area contributed by atoms with Crippen LogP contribution in [-0.4, -0.2) is 26.3 Å². The zero-order valence-electron chi connectivity index (χ0n) is 14.7. The van der Waals surface area contributed by atoms with E-state index in [2.05, 4.69) is 5.32 Å². The van der Waals surface area contributed by atoms with Crippen LogP contribution in [0.25, 0.3) is 5.69 Å². The average Bonchev–Trinajstić information content (AvgIpc) is 2.85. The van der Waals surface area contributed by atoms with E-state index in [-0.39, 0.29) is 11.2 Å². The van der Waals surface area contributed by atoms with E-state index in [9.17, 15) is 19.5 Å². The predicted octanol–water partition coefficient (Wildman–Crippen LogP) is 2.09. The molecule has 0 saturated heterocycles. The number of nitrogens with zero attached hydrogens (tertiary/aromatic N) is 2. The van der Waals surface area contributed by atoms with Crippen LogP contribution in [0.15, 0.2) is 47.3 Å². The second-order valence-electron chi connectivity index (χ2n) is 6.42. The minimum atomic E-state index is -0.999. The number of rotatable bonds is 4. The SMILES string of the molecule is Cc1c(NC(=O)[C@H]2CC=CC[C@H]2C(=O)O)c(=O)n(-c2ccccc2)n1C. The molecule has 0 aliphatic heterocycles. The summed E-state index contributed by atoms with van der Waals surface area (Å²) < 4.78 is 3.14. The van der Waals surface area contributed by atoms with Gasteiger partial charge in [-0.15, -0.1) is 0 Å². The molecule has 0 spiro atoms. The summed E-state index contributed by atoms with van der Waals surface area (Å²) in [6.07, 6.45) is 4.25. The fourth-order valence-corrected chi connectivity index (χ4v) is 3.31. The fraction of sp³-hybridized carbons (Fsp3) is 0.316. The molecule has 2 atom stereocenters. The van der Waals surface area contributed by atoms with Gasteiger partial charge in [0, 0.05) is 7.05 Å². The van der Waals surface area contributed by atoms with Crippen LogP contribution in [0.2, 0.25) is 0 Å². The molecule has 2 N–H and O–H groups in total. The summed E-state index contributed by atoms with van der Waals surface area (Å²) in [5.41, 5.74) is 1.13. The highest BCUT2D eigenvalue weighted by Crippen LogP contribution is 2.27. The molecule has 7 nitrogen and oxygen atoms in total. The Morgan fingerprint density at radius 3 is 2.35 bits per heavy atom. The fourth-order valence-electron chi connectivity index (χ4n) is 3.31. The Morgan fingerprint density at radius 1 is 1.12 bits per heavy atom. The number of aromatic nitrogens is 2. The molecule has 0 unspecified atom stereocenters. The number of carboxylic acid groups (broad SMARTS) is 1. The van der Waals surface area contributed by atoms with Gasteiger partial charge < -0.3 is 10.4 Å². The Kier molecular flexibility index (Phi) is 4.79. The largest absolute Gasteiger partial charge is 0.481 e. The van der Waals surface area contributed by atoms with Crippen molar-refractivity contribution in [3.05, 3.63) is 58.5 Å². The van der Waals surface area contributed by atoms with Crippen molar-refractivity contribution >= 4 is 17.6 Å². The topological polar surface area (TPSA) is 93.3 Å². The summed E-state index contributed by atoms with van der Waals surface area (Å²) in [6, 6.07) is 9.12. The molecule has 1 aliphatic rings. The van der Waals surface area contributed by atoms with Gasteiger partial charge in [0.2, 0.25) is 5.91 Å². The van der Waals surface area contributed by atoms with Gasteiger partial charge in [-0.05, 0) is 31.9 Å². The van der Waals surface area contributed by atoms with Gasteiger partial charge in [-0.3, -0.25) is 19.1 Å². The third-order valence-electron chi connectivity index (χ3n) is 4.89. The number of hydrogen-bond donors (Lipinski definition) is 2. The number of allylic oxidation sites excluding steroid dienone is 2. The quantitative estimate of drug-likeness (QED) is 0.821. The summed E-state index contributed by atoms with van der Waals surface area (Å²) in [6.45, 7) is 1.74. The van der Waals surface area contributed by atoms with E-state index in [1.807, 2.05) is 24.3 Å². The van der Waals surface area contributed by atoms with Crippen LogP contribution in [0.5, 0.6) is 0 Å². The molecule has 1 amide bonds. The number of hydrogen-bond acceptors (Lipinski definition) is 3. The van der Waals surface area contributed by atoms with E-state index < -0.39 is 23.7 Å². The van der Waals surface area contributed by atoms with Gasteiger partial charge in [0.15, 0.2) is 0 Å². The molecule has 0 fully saturated rings. The van der Waals surface area contributed by atoms with Crippen LogP contribution in [0.4, 0.5) is 5.69 Å². The smallest absolute Gasteiger partial charge is 0.307 e. The first-order valence-electron chi connectivity index (χ1n) is 8.44. The minimum absolute atomic E-state index is 0.181. The molecule has 3 rings (SSSR count). The summed E-state index contributed by atoms with van der Waals surface area (Å²) in [5, 5.41) is 12.0. The van der Waals surface area contributed by atoms with E-state index in [1.54, 1.807) is 36.9 Å². The third kappa shape index (κ3) is 3.08. The predicted molar refractivity (Wildman–Crippen MR) is 97.4 cm³/mol. The number of carbonyl (C=O) groups excluding carboxylic acids is 1. The molecule has 1 aromatic heterocycles. The van der Waals surface area contributed by atoms with Crippen LogP contribution >= 0.6 is 0 Å². The maximum atomic E-state index is 12.8. The lowest BCUT2D eigenvalue weighted by Gasteiger charge is -2.23. The number of para-hydroxylation sites is 1. The normalized spacial score (nSPS) is 19.3. The summed E-state index contributed by atoms with van der Waals surface area (Å²) in [4.78, 5) is 36.9. The molecule has 1 heterocycles. The van der Waals surface area contributed by atoms with Crippen LogP contribution in [0.1, 0.15) is 18.5 Å². The molecule has 2 aromatic rings. The Hall–Kier alpha value is -3.09. The molecular weight excluding hydrogens is 334 g/mol. The number of amides is 1. The van der Waals surface area contributed by atoms with Gasteiger partial charge in [-0.25, -0.2) is 4.68 Å². The van der Waals surface area contributed by atoms with Crippen molar-refractivity contribution in [2.45, 2.75) is 19.8 Å². The number of anilines is 1. The highest BCUT2D eigenvalue weighted by molar-refractivity contribution is 5.95. The second-order valence-corrected chi connectivity index (χ2v) is 6.42. The zero-order chi connectivity index (χ0) is 18.8. The second kappa shape index (κ2) is 7.03. The Balaban J connectivity index is 1.94. The van der Waals surface area contributed by atoms with Gasteiger partial charge in [-0.2, -0.15) is 0 Å². The highest BCUT2D eigenvalue weighted by Gasteiger charge is 2.34. The Labute approximate surface area is 150 Å². The van der Waals surface area contributed by atoms with Crippen molar-refractivity contribution < 1.29 is 14.7 Å². The lowest BCUT2D eigenvalue weighted by Crippen LogP contribution is -2.35. The van der Waals surface area contributed by atoms with E-state index >= 15 is 0 Å². The lowest BCUT2D eigenvalue weighted by atomic mass is 9.82. The molecule has 1 aliphatic carbocycles. The Bertz CT molecular complexity index is 924. The summed E-state index contributed by atoms with van der Waals surface area (Å²) >= 11 is 0. The van der Waals surface area contributed by atoms with Crippen molar-refractivity contribution in [3.63, 3.8) is 0 Å². The van der Waals surface area contributed by atoms with Crippen molar-refractivity contribution in [1.82, 2.24) is 9.36 Å². The Morgan fingerprint density at radius 2 is 1.73 bits per heavy atom. The first-order valence-corrected chi connectivity index (χ1v) is 8.44. The molecule has 26 heavy (non-hydrogen) atoms. The van der Waals surface area contributed by atoms with Crippen LogP contribution in [-0.2, 0) is 16.6 Å². The molecule has 7 heteroatoms. The molecule has 1 aromatic carbocycles. The zero-order valence-corrected chi connectivity index (χ0v) is 14.7. The molecule has 0 bridgehead atoms. The van der Waals surface area contributed by atoms with E-state index in [0.29, 0.717) is 24.2 Å². The first kappa shape index (κ1) is 17.7. The van der Waals surface area contributed by atoms with Gasteiger partial charge >= 0.3 is 5.97 Å². The molecular formula is C19H21N3O4. The van der Waals surface area contributed by atoms with Gasteiger partial charge in [0.1, 0.15) is 5.69 Å². The minimum Gasteiger partial charge on any atom is -0.481 e. The average molecular weight is 355 g/mol. The first-order chi connectivity index (χ1) is 12.4. The van der Waals surface area contributed by atoms with E-state index in [4.69, 9.17) is 0 Å². The van der Waals surface area contributed by atoms with Gasteiger partial charge in [-0.1, -0.05) is 30.4 Å². The van der Waals surface area contributed by atoms with Crippen molar-refractivity contribution in [2.24, 2.45) is 18.9 Å². The van der Waals surface area contributed by atoms with Crippen molar-refractivity contribution in [3.8, 4) is 5.69 Å². The van der Waals surface area contributed by atoms with Crippen LogP contribution in [0.3, 0.4) is 0 Å². The standard InChI is InChI=1S/C19H21N3O4/c1-12-16(18(24)22(21(12)2)13-8-4-3-5-9-13)20-17(23)14-10-6-7-11-15(14)19(25)26/h3-9,14-15H,10-11H2,1-2H3,(H,20,23)(H,25,26)/t14-,15+/m0/s1. The highest BCUT2D eigenvalue weighted by atomic mass is 16.4. The summed E-state index contributed by atoms with van der Waals surface area (Å²) in [5.74, 6) is -2.91. The molecule has 0 saturated carbocycles. The van der Waals surface area contributed by atoms with E-state index in [0.717, 1.165) is 0 Å². The van der Waals surface area contributed by atoms with Crippen LogP contribution < -0.4 is 10.9 Å². The summed E-state index contributed by atoms with van der Waals surface area (Å²) in [7, 11) is 1.74. The number of benzene rings is 1. The lowest BCUT2D eigenvalue weighted by molar-refractivity contribution is -0.146. The van der Waals surface area contributed by atoms with Crippen LogP contribution in [0, 0.1) is 18.8 Å². The van der Waals surface area contributed by atoms with Gasteiger partial charge in [0.05, 0.1) is 23.2 Å². The number of carbonyl (C=O) groups is 2. The monoisotopic (exact) mass is 355 g/mol. The third-order valence-corrected chi connectivity index (χ3v) is 4.89. The molecule has 0 radical (unpaired) electrons. The number of aliphatic carboxylic acids is 1. The van der Waals surface area contributed by atoms with Crippen molar-refractivity contribution in [1.29, 1.82) is 0 Å².